The van der Waals surface area contributed by atoms with Gasteiger partial charge in [-0.3, -0.25) is 14.7 Å². The third kappa shape index (κ3) is 2.23. The number of nitrogens with one attached hydrogen (secondary N) is 1. The summed E-state index contributed by atoms with van der Waals surface area (Å²) in [6, 6.07) is 16.2. The van der Waals surface area contributed by atoms with Gasteiger partial charge in [0.15, 0.2) is 5.65 Å². The number of H-pyrrole nitrogens is 1. The lowest BCUT2D eigenvalue weighted by Gasteiger charge is -2.13. The van der Waals surface area contributed by atoms with E-state index in [0.29, 0.717) is 28.0 Å². The van der Waals surface area contributed by atoms with Crippen LogP contribution < -0.4 is 9.64 Å². The summed E-state index contributed by atoms with van der Waals surface area (Å²) in [6.45, 7) is 0. The van der Waals surface area contributed by atoms with E-state index in [4.69, 9.17) is 4.74 Å². The largest absolute Gasteiger partial charge is 0.497 e. The van der Waals surface area contributed by atoms with Gasteiger partial charge in [-0.1, -0.05) is 18.2 Å². The van der Waals surface area contributed by atoms with Crippen LogP contribution in [-0.4, -0.2) is 34.1 Å². The number of anilines is 1. The standard InChI is InChI=1S/C21H14N4O3/c1-28-14-9-7-12(8-10-14)18-17-16-15(11-22-19(17)24-23-18)20(26)25(21(16)27)13-5-3-2-4-6-13/h2-11H,1H3,(H,22,23,24). The van der Waals surface area contributed by atoms with E-state index in [1.165, 1.54) is 11.1 Å². The number of methoxy groups -OCH3 is 1. The molecular formula is C21H14N4O3. The second-order valence-corrected chi connectivity index (χ2v) is 6.35. The summed E-state index contributed by atoms with van der Waals surface area (Å²) >= 11 is 0. The summed E-state index contributed by atoms with van der Waals surface area (Å²) in [6.07, 6.45) is 1.42. The Balaban J connectivity index is 1.71. The molecule has 1 aliphatic rings. The van der Waals surface area contributed by atoms with Crippen LogP contribution in [0.25, 0.3) is 22.3 Å². The molecule has 0 fully saturated rings. The Kier molecular flexibility index (Phi) is 3.48. The number of fused-ring (bicyclic) bond motifs is 3. The molecule has 0 aliphatic carbocycles. The lowest BCUT2D eigenvalue weighted by molar-refractivity contribution is 0.0926. The highest BCUT2D eigenvalue weighted by Crippen LogP contribution is 2.36. The number of hydrogen-bond acceptors (Lipinski definition) is 5. The molecule has 0 saturated heterocycles. The lowest BCUT2D eigenvalue weighted by atomic mass is 10.0. The fraction of sp³-hybridized carbons (Fsp3) is 0.0476. The minimum atomic E-state index is -0.387. The van der Waals surface area contributed by atoms with Crippen molar-refractivity contribution in [3.8, 4) is 17.0 Å². The fourth-order valence-corrected chi connectivity index (χ4v) is 3.47. The number of imide groups is 1. The topological polar surface area (TPSA) is 88.2 Å². The van der Waals surface area contributed by atoms with Crippen LogP contribution in [0.1, 0.15) is 20.7 Å². The molecule has 2 amide bonds. The molecule has 0 saturated carbocycles. The van der Waals surface area contributed by atoms with Crippen LogP contribution in [0.5, 0.6) is 5.75 Å². The molecule has 3 heterocycles. The summed E-state index contributed by atoms with van der Waals surface area (Å²) in [5.74, 6) is -0.0466. The lowest BCUT2D eigenvalue weighted by Crippen LogP contribution is -2.29. The number of benzene rings is 2. The molecule has 1 aliphatic heterocycles. The number of hydrogen-bond donors (Lipinski definition) is 1. The van der Waals surface area contributed by atoms with Gasteiger partial charge in [0.25, 0.3) is 11.8 Å². The van der Waals surface area contributed by atoms with Crippen molar-refractivity contribution in [1.29, 1.82) is 0 Å². The maximum Gasteiger partial charge on any atom is 0.267 e. The number of amides is 2. The van der Waals surface area contributed by atoms with Crippen LogP contribution >= 0.6 is 0 Å². The van der Waals surface area contributed by atoms with Gasteiger partial charge < -0.3 is 4.74 Å². The smallest absolute Gasteiger partial charge is 0.267 e. The predicted octanol–water partition coefficient (Wildman–Crippen LogP) is 3.43. The van der Waals surface area contributed by atoms with Gasteiger partial charge >= 0.3 is 0 Å². The first-order valence-corrected chi connectivity index (χ1v) is 8.64. The van der Waals surface area contributed by atoms with Crippen LogP contribution in [0.4, 0.5) is 5.69 Å². The van der Waals surface area contributed by atoms with Crippen molar-refractivity contribution in [2.45, 2.75) is 0 Å². The SMILES string of the molecule is COc1ccc(-c2[nH]nc3ncc4c(c23)C(=O)N(c2ccccc2)C4=O)cc1. The number of carbonyl (C=O) groups excluding carboxylic acids is 2. The van der Waals surface area contributed by atoms with Crippen molar-refractivity contribution in [3.63, 3.8) is 0 Å². The molecule has 4 aromatic rings. The minimum Gasteiger partial charge on any atom is -0.497 e. The van der Waals surface area contributed by atoms with E-state index in [1.807, 2.05) is 30.3 Å². The van der Waals surface area contributed by atoms with Crippen molar-refractivity contribution in [2.75, 3.05) is 12.0 Å². The molecule has 136 valence electrons. The molecule has 2 aromatic heterocycles. The molecule has 1 N–H and O–H groups in total. The zero-order valence-corrected chi connectivity index (χ0v) is 14.8. The van der Waals surface area contributed by atoms with Crippen LogP contribution in [0.15, 0.2) is 60.8 Å². The first-order chi connectivity index (χ1) is 13.7. The zero-order valence-electron chi connectivity index (χ0n) is 14.8. The number of para-hydroxylation sites is 1. The average Bonchev–Trinajstić information content (AvgIpc) is 3.28. The van der Waals surface area contributed by atoms with Crippen molar-refractivity contribution >= 4 is 28.5 Å². The number of rotatable bonds is 3. The Morgan fingerprint density at radius 1 is 0.964 bits per heavy atom. The van der Waals surface area contributed by atoms with Gasteiger partial charge in [0, 0.05) is 11.8 Å². The third-order valence-corrected chi connectivity index (χ3v) is 4.83. The van der Waals surface area contributed by atoms with Gasteiger partial charge in [0.05, 0.1) is 35.0 Å². The molecule has 7 nitrogen and oxygen atoms in total. The Bertz CT molecular complexity index is 1230. The Morgan fingerprint density at radius 3 is 2.43 bits per heavy atom. The molecule has 0 unspecified atom stereocenters. The van der Waals surface area contributed by atoms with Gasteiger partial charge in [-0.2, -0.15) is 5.10 Å². The van der Waals surface area contributed by atoms with E-state index in [2.05, 4.69) is 15.2 Å². The molecule has 28 heavy (non-hydrogen) atoms. The molecule has 2 aromatic carbocycles. The van der Waals surface area contributed by atoms with E-state index in [0.717, 1.165) is 11.3 Å². The second-order valence-electron chi connectivity index (χ2n) is 6.35. The normalized spacial score (nSPS) is 13.2. The number of carbonyl (C=O) groups is 2. The number of aromatic nitrogens is 3. The zero-order chi connectivity index (χ0) is 19.3. The summed E-state index contributed by atoms with van der Waals surface area (Å²) in [7, 11) is 1.60. The average molecular weight is 370 g/mol. The Labute approximate surface area is 159 Å². The maximum absolute atomic E-state index is 13.2. The number of nitrogens with zero attached hydrogens (tertiary/aromatic N) is 3. The van der Waals surface area contributed by atoms with Crippen LogP contribution in [-0.2, 0) is 0 Å². The number of aromatic amines is 1. The van der Waals surface area contributed by atoms with E-state index < -0.39 is 0 Å². The summed E-state index contributed by atoms with van der Waals surface area (Å²) in [4.78, 5) is 31.6. The van der Waals surface area contributed by atoms with Gasteiger partial charge in [-0.05, 0) is 36.4 Å². The highest BCUT2D eigenvalue weighted by Gasteiger charge is 2.39. The van der Waals surface area contributed by atoms with E-state index in [9.17, 15) is 9.59 Å². The molecule has 7 heteroatoms. The highest BCUT2D eigenvalue weighted by atomic mass is 16.5. The fourth-order valence-electron chi connectivity index (χ4n) is 3.47. The third-order valence-electron chi connectivity index (χ3n) is 4.83. The van der Waals surface area contributed by atoms with Crippen molar-refractivity contribution in [1.82, 2.24) is 15.2 Å². The Hall–Kier alpha value is -4.00. The summed E-state index contributed by atoms with van der Waals surface area (Å²) in [5.41, 5.74) is 2.96. The first kappa shape index (κ1) is 16.2. The highest BCUT2D eigenvalue weighted by molar-refractivity contribution is 6.38. The maximum atomic E-state index is 13.2. The number of pyridine rings is 1. The van der Waals surface area contributed by atoms with E-state index in [-0.39, 0.29) is 17.4 Å². The van der Waals surface area contributed by atoms with E-state index >= 15 is 0 Å². The summed E-state index contributed by atoms with van der Waals surface area (Å²) in [5, 5.41) is 7.72. The molecule has 0 radical (unpaired) electrons. The minimum absolute atomic E-state index is 0.275. The Morgan fingerprint density at radius 2 is 1.71 bits per heavy atom. The monoisotopic (exact) mass is 370 g/mol. The number of ether oxygens (including phenoxy) is 1. The van der Waals surface area contributed by atoms with E-state index in [1.54, 1.807) is 31.4 Å². The van der Waals surface area contributed by atoms with Crippen LogP contribution in [0, 0.1) is 0 Å². The summed E-state index contributed by atoms with van der Waals surface area (Å²) < 4.78 is 5.20. The molecule has 0 spiro atoms. The van der Waals surface area contributed by atoms with Gasteiger partial charge in [0.2, 0.25) is 0 Å². The van der Waals surface area contributed by atoms with Gasteiger partial charge in [-0.15, -0.1) is 0 Å². The molecular weight excluding hydrogens is 356 g/mol. The van der Waals surface area contributed by atoms with Crippen molar-refractivity contribution in [3.05, 3.63) is 71.9 Å². The second kappa shape index (κ2) is 6.02. The first-order valence-electron chi connectivity index (χ1n) is 8.64. The molecule has 0 atom stereocenters. The molecule has 5 rings (SSSR count). The molecule has 0 bridgehead atoms. The van der Waals surface area contributed by atoms with Crippen molar-refractivity contribution < 1.29 is 14.3 Å². The predicted molar refractivity (Wildman–Crippen MR) is 103 cm³/mol. The van der Waals surface area contributed by atoms with Gasteiger partial charge in [-0.25, -0.2) is 9.88 Å². The van der Waals surface area contributed by atoms with Crippen LogP contribution in [0.2, 0.25) is 0 Å². The van der Waals surface area contributed by atoms with Gasteiger partial charge in [0.1, 0.15) is 5.75 Å². The quantitative estimate of drug-likeness (QED) is 0.558. The van der Waals surface area contributed by atoms with Crippen molar-refractivity contribution in [2.24, 2.45) is 0 Å². The van der Waals surface area contributed by atoms with Crippen LogP contribution in [0.3, 0.4) is 0 Å².